The lowest BCUT2D eigenvalue weighted by molar-refractivity contribution is -0.119. The topological polar surface area (TPSA) is 29.1 Å². The number of amides is 1. The SMILES string of the molecule is O=C1CCCN1.S=CS. The van der Waals surface area contributed by atoms with E-state index in [0.29, 0.717) is 0 Å². The molecule has 0 aromatic carbocycles. The number of hydrogen-bond donors (Lipinski definition) is 2. The van der Waals surface area contributed by atoms with E-state index < -0.39 is 0 Å². The smallest absolute Gasteiger partial charge is 0.220 e. The lowest BCUT2D eigenvalue weighted by atomic mass is 10.4. The van der Waals surface area contributed by atoms with Crippen LogP contribution in [0.15, 0.2) is 0 Å². The number of carbonyl (C=O) groups is 1. The number of hydrogen-bond acceptors (Lipinski definition) is 2. The molecule has 0 spiro atoms. The third-order valence-electron chi connectivity index (χ3n) is 0.903. The second kappa shape index (κ2) is 6.04. The quantitative estimate of drug-likeness (QED) is 0.408. The molecule has 4 heteroatoms. The van der Waals surface area contributed by atoms with Crippen molar-refractivity contribution in [2.24, 2.45) is 0 Å². The van der Waals surface area contributed by atoms with Crippen LogP contribution < -0.4 is 5.32 Å². The molecule has 0 saturated carbocycles. The fourth-order valence-corrected chi connectivity index (χ4v) is 0.565. The van der Waals surface area contributed by atoms with Crippen molar-refractivity contribution < 1.29 is 4.79 Å². The Labute approximate surface area is 65.4 Å². The molecule has 0 bridgehead atoms. The predicted molar refractivity (Wildman–Crippen MR) is 44.9 cm³/mol. The molecule has 1 aliphatic rings. The second-order valence-corrected chi connectivity index (χ2v) is 2.40. The summed E-state index contributed by atoms with van der Waals surface area (Å²) in [5.74, 6) is 0.204. The molecule has 9 heavy (non-hydrogen) atoms. The van der Waals surface area contributed by atoms with E-state index in [1.54, 1.807) is 0 Å². The third-order valence-corrected chi connectivity index (χ3v) is 0.903. The van der Waals surface area contributed by atoms with Crippen molar-refractivity contribution in [3.05, 3.63) is 0 Å². The summed E-state index contributed by atoms with van der Waals surface area (Å²) in [7, 11) is 0. The van der Waals surface area contributed by atoms with E-state index in [1.807, 2.05) is 0 Å². The van der Waals surface area contributed by atoms with Crippen LogP contribution in [0.4, 0.5) is 0 Å². The van der Waals surface area contributed by atoms with Crippen LogP contribution in [0.5, 0.6) is 0 Å². The van der Waals surface area contributed by atoms with Crippen molar-refractivity contribution >= 4 is 35.5 Å². The van der Waals surface area contributed by atoms with Gasteiger partial charge in [-0.05, 0) is 6.42 Å². The Kier molecular flexibility index (Phi) is 5.98. The first-order valence-electron chi connectivity index (χ1n) is 2.66. The van der Waals surface area contributed by atoms with Gasteiger partial charge < -0.3 is 5.32 Å². The Morgan fingerprint density at radius 1 is 1.78 bits per heavy atom. The Morgan fingerprint density at radius 2 is 2.33 bits per heavy atom. The molecule has 0 aromatic heterocycles. The van der Waals surface area contributed by atoms with E-state index in [2.05, 4.69) is 30.2 Å². The first kappa shape index (κ1) is 8.91. The van der Waals surface area contributed by atoms with Gasteiger partial charge in [-0.3, -0.25) is 4.79 Å². The van der Waals surface area contributed by atoms with Gasteiger partial charge in [0.25, 0.3) is 0 Å². The largest absolute Gasteiger partial charge is 0.356 e. The first-order chi connectivity index (χ1) is 4.31. The average molecular weight is 163 g/mol. The van der Waals surface area contributed by atoms with Crippen molar-refractivity contribution in [3.8, 4) is 0 Å². The minimum Gasteiger partial charge on any atom is -0.356 e. The van der Waals surface area contributed by atoms with Crippen molar-refractivity contribution in [1.29, 1.82) is 0 Å². The highest BCUT2D eigenvalue weighted by Gasteiger charge is 2.05. The summed E-state index contributed by atoms with van der Waals surface area (Å²) in [4.78, 5) is 10.1. The van der Waals surface area contributed by atoms with Crippen LogP contribution in [0.2, 0.25) is 0 Å². The molecule has 1 saturated heterocycles. The van der Waals surface area contributed by atoms with Gasteiger partial charge in [0.2, 0.25) is 5.91 Å². The molecule has 0 unspecified atom stereocenters. The summed E-state index contributed by atoms with van der Waals surface area (Å²) in [5.41, 5.74) is 0. The third kappa shape index (κ3) is 5.79. The minimum atomic E-state index is 0.204. The molecule has 1 N–H and O–H groups in total. The predicted octanol–water partition coefficient (Wildman–Crippen LogP) is 0.770. The maximum Gasteiger partial charge on any atom is 0.220 e. The zero-order valence-electron chi connectivity index (χ0n) is 4.96. The molecule has 0 atom stereocenters. The van der Waals surface area contributed by atoms with Crippen LogP contribution >= 0.6 is 24.8 Å². The molecule has 52 valence electrons. The normalized spacial score (nSPS) is 15.4. The highest BCUT2D eigenvalue weighted by Crippen LogP contribution is 1.93. The number of carbonyl (C=O) groups excluding carboxylic acids is 1. The zero-order valence-corrected chi connectivity index (χ0v) is 6.67. The van der Waals surface area contributed by atoms with Gasteiger partial charge in [-0.1, -0.05) is 12.2 Å². The van der Waals surface area contributed by atoms with Crippen LogP contribution in [-0.2, 0) is 4.79 Å². The highest BCUT2D eigenvalue weighted by molar-refractivity contribution is 8.08. The van der Waals surface area contributed by atoms with Crippen LogP contribution in [0.1, 0.15) is 12.8 Å². The first-order valence-corrected chi connectivity index (χ1v) is 3.64. The number of thiocarbonyl (C=S) groups is 1. The number of thiol groups is 1. The van der Waals surface area contributed by atoms with Gasteiger partial charge in [0.15, 0.2) is 0 Å². The highest BCUT2D eigenvalue weighted by atomic mass is 32.1. The molecule has 1 fully saturated rings. The molecule has 1 rings (SSSR count). The van der Waals surface area contributed by atoms with E-state index in [1.165, 1.54) is 4.70 Å². The van der Waals surface area contributed by atoms with E-state index in [9.17, 15) is 4.79 Å². The second-order valence-electron chi connectivity index (χ2n) is 1.56. The average Bonchev–Trinajstić information content (AvgIpc) is 2.20. The van der Waals surface area contributed by atoms with Gasteiger partial charge in [0, 0.05) is 17.7 Å². The summed E-state index contributed by atoms with van der Waals surface area (Å²) in [5, 5.41) is 2.68. The van der Waals surface area contributed by atoms with E-state index in [4.69, 9.17) is 0 Å². The summed E-state index contributed by atoms with van der Waals surface area (Å²) in [6, 6.07) is 0. The van der Waals surface area contributed by atoms with Crippen molar-refractivity contribution in [2.75, 3.05) is 6.54 Å². The van der Waals surface area contributed by atoms with Gasteiger partial charge in [-0.2, -0.15) is 0 Å². The van der Waals surface area contributed by atoms with Crippen molar-refractivity contribution in [2.45, 2.75) is 12.8 Å². The van der Waals surface area contributed by atoms with Crippen LogP contribution in [-0.4, -0.2) is 17.2 Å². The van der Waals surface area contributed by atoms with E-state index in [0.717, 1.165) is 19.4 Å². The lowest BCUT2D eigenvalue weighted by Crippen LogP contribution is -2.12. The van der Waals surface area contributed by atoms with E-state index in [-0.39, 0.29) is 5.91 Å². The van der Waals surface area contributed by atoms with Crippen LogP contribution in [0.25, 0.3) is 0 Å². The van der Waals surface area contributed by atoms with Crippen molar-refractivity contribution in [3.63, 3.8) is 0 Å². The molecular weight excluding hydrogens is 154 g/mol. The summed E-state index contributed by atoms with van der Waals surface area (Å²) in [6.07, 6.45) is 1.76. The van der Waals surface area contributed by atoms with E-state index >= 15 is 0 Å². The lowest BCUT2D eigenvalue weighted by Gasteiger charge is -1.80. The fraction of sp³-hybridized carbons (Fsp3) is 0.600. The van der Waals surface area contributed by atoms with Gasteiger partial charge in [0.1, 0.15) is 0 Å². The molecule has 1 amide bonds. The van der Waals surface area contributed by atoms with Gasteiger partial charge >= 0.3 is 0 Å². The van der Waals surface area contributed by atoms with Gasteiger partial charge in [0.05, 0.1) is 0 Å². The monoisotopic (exact) mass is 163 g/mol. The summed E-state index contributed by atoms with van der Waals surface area (Å²) in [6.45, 7) is 0.888. The maximum atomic E-state index is 10.1. The zero-order chi connectivity index (χ0) is 7.11. The molecule has 2 nitrogen and oxygen atoms in total. The van der Waals surface area contributed by atoms with Crippen LogP contribution in [0, 0.1) is 0 Å². The molecule has 0 aliphatic carbocycles. The molecule has 1 heterocycles. The van der Waals surface area contributed by atoms with Crippen molar-refractivity contribution in [1.82, 2.24) is 5.32 Å². The standard InChI is InChI=1S/C4H7NO.CH2S2/c6-4-2-1-3-5-4;2-1-3/h1-3H2,(H,5,6);1H,(H,2,3). The number of nitrogens with one attached hydrogen (secondary N) is 1. The van der Waals surface area contributed by atoms with Gasteiger partial charge in [-0.25, -0.2) is 0 Å². The molecule has 0 radical (unpaired) electrons. The maximum absolute atomic E-state index is 10.1. The molecule has 0 aromatic rings. The molecule has 1 aliphatic heterocycles. The Morgan fingerprint density at radius 3 is 2.44 bits per heavy atom. The Bertz CT molecular complexity index is 97.1. The fourth-order valence-electron chi connectivity index (χ4n) is 0.565. The summed E-state index contributed by atoms with van der Waals surface area (Å²) < 4.78 is 1.28. The number of rotatable bonds is 0. The van der Waals surface area contributed by atoms with Gasteiger partial charge in [-0.15, -0.1) is 12.6 Å². The molecular formula is C5H9NOS2. The summed E-state index contributed by atoms with van der Waals surface area (Å²) >= 11 is 7.61. The Hall–Kier alpha value is -0.0900. The Balaban J connectivity index is 0.000000187. The van der Waals surface area contributed by atoms with Crippen LogP contribution in [0.3, 0.4) is 0 Å². The minimum absolute atomic E-state index is 0.204.